The van der Waals surface area contributed by atoms with Gasteiger partial charge in [0.2, 0.25) is 0 Å². The summed E-state index contributed by atoms with van der Waals surface area (Å²) in [5.74, 6) is 0.975. The first-order valence-corrected chi connectivity index (χ1v) is 5.63. The quantitative estimate of drug-likeness (QED) is 0.748. The van der Waals surface area contributed by atoms with Gasteiger partial charge in [-0.05, 0) is 18.2 Å². The average Bonchev–Trinajstić information content (AvgIpc) is 2.66. The van der Waals surface area contributed by atoms with Gasteiger partial charge in [-0.25, -0.2) is 0 Å². The summed E-state index contributed by atoms with van der Waals surface area (Å²) in [7, 11) is 0. The number of ether oxygens (including phenoxy) is 1. The minimum atomic E-state index is 0.0630. The van der Waals surface area contributed by atoms with E-state index in [0.717, 1.165) is 23.6 Å². The van der Waals surface area contributed by atoms with Gasteiger partial charge in [-0.1, -0.05) is 13.8 Å². The third-order valence-electron chi connectivity index (χ3n) is 3.09. The molecule has 2 aromatic rings. The van der Waals surface area contributed by atoms with Crippen LogP contribution in [0.4, 0.5) is 0 Å². The zero-order valence-electron chi connectivity index (χ0n) is 9.90. The number of hydrogen-bond donors (Lipinski definition) is 0. The Labute approximate surface area is 100 Å². The van der Waals surface area contributed by atoms with Gasteiger partial charge in [-0.15, -0.1) is 0 Å². The van der Waals surface area contributed by atoms with E-state index in [0.29, 0.717) is 0 Å². The molecule has 0 aliphatic carbocycles. The monoisotopic (exact) mass is 225 g/mol. The fourth-order valence-corrected chi connectivity index (χ4v) is 2.08. The Hall–Kier alpha value is -1.90. The predicted molar refractivity (Wildman–Crippen MR) is 64.8 cm³/mol. The number of nitrogens with zero attached hydrogens (tertiary/aromatic N) is 2. The molecule has 0 bridgehead atoms. The Morgan fingerprint density at radius 3 is 2.94 bits per heavy atom. The van der Waals surface area contributed by atoms with Crippen molar-refractivity contribution in [1.29, 1.82) is 0 Å². The van der Waals surface area contributed by atoms with Crippen molar-refractivity contribution in [3.8, 4) is 17.0 Å². The summed E-state index contributed by atoms with van der Waals surface area (Å²) in [5, 5.41) is 0. The number of fused-ring (bicyclic) bond motifs is 1. The standard InChI is InChI=1S/C14H13N2O/c1-14(2)9-17-13-4-3-10(7-11(13)14)12-8-15-5-6-16-12/h3-7H,9H2,1-2H3. The Balaban J connectivity index is 2.11. The van der Waals surface area contributed by atoms with Gasteiger partial charge in [0, 0.05) is 28.9 Å². The molecule has 3 heteroatoms. The lowest BCUT2D eigenvalue weighted by atomic mass is 9.86. The summed E-state index contributed by atoms with van der Waals surface area (Å²) >= 11 is 0. The van der Waals surface area contributed by atoms with E-state index in [-0.39, 0.29) is 5.41 Å². The second kappa shape index (κ2) is 3.55. The van der Waals surface area contributed by atoms with Crippen LogP contribution in [0.25, 0.3) is 11.3 Å². The minimum Gasteiger partial charge on any atom is -0.492 e. The Morgan fingerprint density at radius 2 is 2.18 bits per heavy atom. The zero-order chi connectivity index (χ0) is 11.9. The third kappa shape index (κ3) is 1.68. The van der Waals surface area contributed by atoms with Crippen LogP contribution in [0.3, 0.4) is 0 Å². The number of benzene rings is 1. The van der Waals surface area contributed by atoms with E-state index >= 15 is 0 Å². The number of aromatic nitrogens is 2. The van der Waals surface area contributed by atoms with Crippen LogP contribution in [0.15, 0.2) is 30.6 Å². The number of rotatable bonds is 1. The second-order valence-electron chi connectivity index (χ2n) is 4.90. The highest BCUT2D eigenvalue weighted by atomic mass is 16.5. The van der Waals surface area contributed by atoms with Crippen LogP contribution in [-0.4, -0.2) is 16.6 Å². The van der Waals surface area contributed by atoms with Crippen molar-refractivity contribution in [3.63, 3.8) is 0 Å². The first kappa shape index (κ1) is 10.3. The topological polar surface area (TPSA) is 35.0 Å². The van der Waals surface area contributed by atoms with Gasteiger partial charge < -0.3 is 4.74 Å². The molecule has 0 unspecified atom stereocenters. The lowest BCUT2D eigenvalue weighted by molar-refractivity contribution is 0.291. The molecule has 1 aliphatic rings. The van der Waals surface area contributed by atoms with Crippen LogP contribution < -0.4 is 4.74 Å². The smallest absolute Gasteiger partial charge is 0.123 e. The third-order valence-corrected chi connectivity index (χ3v) is 3.09. The van der Waals surface area contributed by atoms with Gasteiger partial charge >= 0.3 is 0 Å². The van der Waals surface area contributed by atoms with Crippen molar-refractivity contribution in [3.05, 3.63) is 42.4 Å². The van der Waals surface area contributed by atoms with Crippen molar-refractivity contribution in [2.75, 3.05) is 6.61 Å². The predicted octanol–water partition coefficient (Wildman–Crippen LogP) is 2.61. The van der Waals surface area contributed by atoms with E-state index in [4.69, 9.17) is 4.74 Å². The van der Waals surface area contributed by atoms with Crippen molar-refractivity contribution in [2.24, 2.45) is 0 Å². The van der Waals surface area contributed by atoms with Gasteiger partial charge in [-0.3, -0.25) is 9.97 Å². The van der Waals surface area contributed by atoms with E-state index < -0.39 is 0 Å². The highest BCUT2D eigenvalue weighted by Gasteiger charge is 2.31. The first-order valence-electron chi connectivity index (χ1n) is 5.63. The second-order valence-corrected chi connectivity index (χ2v) is 4.90. The maximum Gasteiger partial charge on any atom is 0.123 e. The molecule has 1 aromatic carbocycles. The summed E-state index contributed by atoms with van der Waals surface area (Å²) in [6.07, 6.45) is 6.21. The average molecular weight is 225 g/mol. The molecule has 2 heterocycles. The molecule has 1 aliphatic heterocycles. The van der Waals surface area contributed by atoms with E-state index in [1.165, 1.54) is 5.56 Å². The van der Waals surface area contributed by atoms with Crippen LogP contribution in [0.1, 0.15) is 19.4 Å². The molecule has 0 spiro atoms. The van der Waals surface area contributed by atoms with Crippen LogP contribution in [0.5, 0.6) is 5.75 Å². The van der Waals surface area contributed by atoms with Crippen molar-refractivity contribution >= 4 is 0 Å². The molecule has 85 valence electrons. The SMILES string of the molecule is CC1(C)COc2ccc(-c3[c]nccn3)cc21. The molecule has 0 atom stereocenters. The largest absolute Gasteiger partial charge is 0.492 e. The molecule has 17 heavy (non-hydrogen) atoms. The molecule has 0 saturated carbocycles. The Kier molecular flexibility index (Phi) is 2.15. The van der Waals surface area contributed by atoms with E-state index in [1.807, 2.05) is 12.1 Å². The van der Waals surface area contributed by atoms with E-state index in [2.05, 4.69) is 36.1 Å². The summed E-state index contributed by atoms with van der Waals surface area (Å²) < 4.78 is 5.66. The normalized spacial score (nSPS) is 16.4. The number of hydrogen-bond acceptors (Lipinski definition) is 3. The van der Waals surface area contributed by atoms with Crippen molar-refractivity contribution in [1.82, 2.24) is 9.97 Å². The summed E-state index contributed by atoms with van der Waals surface area (Å²) in [6, 6.07) is 6.13. The van der Waals surface area contributed by atoms with Crippen LogP contribution >= 0.6 is 0 Å². The van der Waals surface area contributed by atoms with Gasteiger partial charge in [0.15, 0.2) is 0 Å². The van der Waals surface area contributed by atoms with Gasteiger partial charge in [0.05, 0.1) is 12.3 Å². The molecule has 1 aromatic heterocycles. The molecular weight excluding hydrogens is 212 g/mol. The van der Waals surface area contributed by atoms with Crippen LogP contribution in [0.2, 0.25) is 0 Å². The first-order chi connectivity index (χ1) is 8.17. The van der Waals surface area contributed by atoms with Crippen LogP contribution in [-0.2, 0) is 5.41 Å². The molecule has 0 N–H and O–H groups in total. The van der Waals surface area contributed by atoms with Gasteiger partial charge in [0.25, 0.3) is 0 Å². The molecule has 3 nitrogen and oxygen atoms in total. The molecular formula is C14H13N2O. The lowest BCUT2D eigenvalue weighted by Crippen LogP contribution is -2.18. The lowest BCUT2D eigenvalue weighted by Gasteiger charge is -2.15. The van der Waals surface area contributed by atoms with E-state index in [9.17, 15) is 0 Å². The van der Waals surface area contributed by atoms with Gasteiger partial charge in [0.1, 0.15) is 11.9 Å². The highest BCUT2D eigenvalue weighted by Crippen LogP contribution is 2.40. The Bertz CT molecular complexity index is 549. The molecule has 0 amide bonds. The molecule has 0 saturated heterocycles. The minimum absolute atomic E-state index is 0.0630. The summed E-state index contributed by atoms with van der Waals surface area (Å²) in [6.45, 7) is 5.10. The summed E-state index contributed by atoms with van der Waals surface area (Å²) in [4.78, 5) is 8.24. The highest BCUT2D eigenvalue weighted by molar-refractivity contribution is 5.62. The van der Waals surface area contributed by atoms with Crippen LogP contribution in [0, 0.1) is 6.20 Å². The molecule has 3 rings (SSSR count). The van der Waals surface area contributed by atoms with Gasteiger partial charge in [-0.2, -0.15) is 0 Å². The zero-order valence-corrected chi connectivity index (χ0v) is 9.90. The molecule has 0 fully saturated rings. The maximum absolute atomic E-state index is 5.66. The Morgan fingerprint density at radius 1 is 1.29 bits per heavy atom. The summed E-state index contributed by atoms with van der Waals surface area (Å²) in [5.41, 5.74) is 3.11. The van der Waals surface area contributed by atoms with Crippen molar-refractivity contribution in [2.45, 2.75) is 19.3 Å². The fraction of sp³-hybridized carbons (Fsp3) is 0.286. The fourth-order valence-electron chi connectivity index (χ4n) is 2.08. The van der Waals surface area contributed by atoms with E-state index in [1.54, 1.807) is 12.4 Å². The maximum atomic E-state index is 5.66. The molecule has 1 radical (unpaired) electrons. The van der Waals surface area contributed by atoms with Crippen molar-refractivity contribution < 1.29 is 4.74 Å².